The van der Waals surface area contributed by atoms with E-state index in [1.54, 1.807) is 0 Å². The maximum absolute atomic E-state index is 12.1. The molecule has 2 aromatic rings. The van der Waals surface area contributed by atoms with E-state index in [1.165, 1.54) is 24.3 Å². The van der Waals surface area contributed by atoms with Gasteiger partial charge in [0.2, 0.25) is 0 Å². The second-order valence-electron chi connectivity index (χ2n) is 5.27. The number of amides is 1. The fourth-order valence-corrected chi connectivity index (χ4v) is 2.16. The monoisotopic (exact) mass is 325 g/mol. The van der Waals surface area contributed by atoms with Crippen molar-refractivity contribution in [3.63, 3.8) is 0 Å². The quantitative estimate of drug-likeness (QED) is 0.475. The Morgan fingerprint density at radius 1 is 1.08 bits per heavy atom. The van der Waals surface area contributed by atoms with E-state index in [4.69, 9.17) is 0 Å². The zero-order chi connectivity index (χ0) is 17.4. The molecule has 0 aromatic heterocycles. The smallest absolute Gasteiger partial charge is 0.267 e. The lowest BCUT2D eigenvalue weighted by Crippen LogP contribution is -2.20. The van der Waals surface area contributed by atoms with Gasteiger partial charge in [0.1, 0.15) is 0 Å². The molecule has 1 amide bonds. The number of nitrogens with zero attached hydrogens (tertiary/aromatic N) is 2. The summed E-state index contributed by atoms with van der Waals surface area (Å²) in [7, 11) is 0. The standard InChI is InChI=1S/C18H19N3O3/c1-2-3-9-17(14-7-5-4-6-8-14)19-20-18(22)15-10-12-16(13-11-15)21(23)24/h4-8,10-13H,2-3,9H2,1H3,(H,20,22)/b19-17+. The SMILES string of the molecule is CCCC/C(=N\NC(=O)c1ccc([N+](=O)[O-])cc1)c1ccccc1. The molecule has 0 saturated heterocycles. The van der Waals surface area contributed by atoms with Crippen LogP contribution in [0, 0.1) is 10.1 Å². The molecule has 0 saturated carbocycles. The number of nitro benzene ring substituents is 1. The fourth-order valence-electron chi connectivity index (χ4n) is 2.16. The maximum Gasteiger partial charge on any atom is 0.271 e. The molecule has 6 heteroatoms. The molecule has 0 heterocycles. The van der Waals surface area contributed by atoms with Crippen LogP contribution < -0.4 is 5.43 Å². The van der Waals surface area contributed by atoms with Crippen molar-refractivity contribution in [2.75, 3.05) is 0 Å². The molecule has 124 valence electrons. The summed E-state index contributed by atoms with van der Waals surface area (Å²) in [5.74, 6) is -0.394. The first kappa shape index (κ1) is 17.3. The normalized spacial score (nSPS) is 11.1. The van der Waals surface area contributed by atoms with Crippen molar-refractivity contribution < 1.29 is 9.72 Å². The van der Waals surface area contributed by atoms with Crippen LogP contribution in [0.15, 0.2) is 59.7 Å². The topological polar surface area (TPSA) is 84.6 Å². The summed E-state index contributed by atoms with van der Waals surface area (Å²) in [4.78, 5) is 22.3. The molecule has 0 spiro atoms. The Hall–Kier alpha value is -3.02. The number of carbonyl (C=O) groups is 1. The van der Waals surface area contributed by atoms with Crippen LogP contribution in [0.1, 0.15) is 42.1 Å². The zero-order valence-corrected chi connectivity index (χ0v) is 13.4. The van der Waals surface area contributed by atoms with Crippen molar-refractivity contribution in [2.45, 2.75) is 26.2 Å². The van der Waals surface area contributed by atoms with Crippen LogP contribution >= 0.6 is 0 Å². The fraction of sp³-hybridized carbons (Fsp3) is 0.222. The second kappa shape index (κ2) is 8.57. The highest BCUT2D eigenvalue weighted by Crippen LogP contribution is 2.12. The molecular weight excluding hydrogens is 306 g/mol. The molecule has 0 aliphatic carbocycles. The van der Waals surface area contributed by atoms with E-state index < -0.39 is 10.8 Å². The second-order valence-corrected chi connectivity index (χ2v) is 5.27. The summed E-state index contributed by atoms with van der Waals surface area (Å²) in [5, 5.41) is 14.9. The van der Waals surface area contributed by atoms with Crippen molar-refractivity contribution in [1.29, 1.82) is 0 Å². The molecular formula is C18H19N3O3. The van der Waals surface area contributed by atoms with E-state index in [1.807, 2.05) is 30.3 Å². The van der Waals surface area contributed by atoms with Gasteiger partial charge in [-0.15, -0.1) is 0 Å². The highest BCUT2D eigenvalue weighted by atomic mass is 16.6. The Bertz CT molecular complexity index is 725. The molecule has 0 aliphatic heterocycles. The molecule has 0 unspecified atom stereocenters. The van der Waals surface area contributed by atoms with Crippen LogP contribution in [0.3, 0.4) is 0 Å². The number of benzene rings is 2. The van der Waals surface area contributed by atoms with Gasteiger partial charge < -0.3 is 0 Å². The highest BCUT2D eigenvalue weighted by Gasteiger charge is 2.10. The number of nitrogens with one attached hydrogen (secondary N) is 1. The number of rotatable bonds is 7. The van der Waals surface area contributed by atoms with Gasteiger partial charge in [0.05, 0.1) is 10.6 Å². The highest BCUT2D eigenvalue weighted by molar-refractivity contribution is 6.02. The summed E-state index contributed by atoms with van der Waals surface area (Å²) >= 11 is 0. The van der Waals surface area contributed by atoms with E-state index in [0.29, 0.717) is 5.56 Å². The van der Waals surface area contributed by atoms with Crippen molar-refractivity contribution >= 4 is 17.3 Å². The predicted molar refractivity (Wildman–Crippen MR) is 93.1 cm³/mol. The Morgan fingerprint density at radius 3 is 2.33 bits per heavy atom. The van der Waals surface area contributed by atoms with Gasteiger partial charge in [-0.25, -0.2) is 5.43 Å². The van der Waals surface area contributed by atoms with Gasteiger partial charge in [-0.05, 0) is 30.5 Å². The largest absolute Gasteiger partial charge is 0.271 e. The van der Waals surface area contributed by atoms with E-state index in [9.17, 15) is 14.9 Å². The molecule has 1 N–H and O–H groups in total. The third-order valence-corrected chi connectivity index (χ3v) is 3.51. The van der Waals surface area contributed by atoms with Crippen LogP contribution in [-0.4, -0.2) is 16.5 Å². The number of unbranched alkanes of at least 4 members (excludes halogenated alkanes) is 1. The molecule has 2 rings (SSSR count). The van der Waals surface area contributed by atoms with Gasteiger partial charge in [-0.2, -0.15) is 5.10 Å². The van der Waals surface area contributed by atoms with Crippen molar-refractivity contribution in [3.05, 3.63) is 75.8 Å². The minimum absolute atomic E-state index is 0.0528. The first-order chi connectivity index (χ1) is 11.6. The molecule has 0 atom stereocenters. The van der Waals surface area contributed by atoms with E-state index in [2.05, 4.69) is 17.5 Å². The molecule has 0 radical (unpaired) electrons. The lowest BCUT2D eigenvalue weighted by Gasteiger charge is -2.07. The summed E-state index contributed by atoms with van der Waals surface area (Å²) in [6.45, 7) is 2.10. The summed E-state index contributed by atoms with van der Waals surface area (Å²) in [6, 6.07) is 15.1. The minimum atomic E-state index is -0.502. The van der Waals surface area contributed by atoms with E-state index in [0.717, 1.165) is 30.5 Å². The van der Waals surface area contributed by atoms with E-state index >= 15 is 0 Å². The first-order valence-corrected chi connectivity index (χ1v) is 7.78. The Kier molecular flexibility index (Phi) is 6.19. The van der Waals surface area contributed by atoms with Crippen LogP contribution in [-0.2, 0) is 0 Å². The third-order valence-electron chi connectivity index (χ3n) is 3.51. The number of nitro groups is 1. The van der Waals surface area contributed by atoms with Crippen LogP contribution in [0.5, 0.6) is 0 Å². The lowest BCUT2D eigenvalue weighted by molar-refractivity contribution is -0.384. The predicted octanol–water partition coefficient (Wildman–Crippen LogP) is 3.92. The number of non-ortho nitro benzene ring substituents is 1. The number of hydrazone groups is 1. The first-order valence-electron chi connectivity index (χ1n) is 7.78. The average Bonchev–Trinajstić information content (AvgIpc) is 2.62. The Balaban J connectivity index is 2.12. The van der Waals surface area contributed by atoms with E-state index in [-0.39, 0.29) is 5.69 Å². The van der Waals surface area contributed by atoms with Gasteiger partial charge in [0, 0.05) is 17.7 Å². The summed E-state index contributed by atoms with van der Waals surface area (Å²) in [5.41, 5.74) is 4.59. The number of hydrogen-bond acceptors (Lipinski definition) is 4. The van der Waals surface area contributed by atoms with Crippen LogP contribution in [0.4, 0.5) is 5.69 Å². The summed E-state index contributed by atoms with van der Waals surface area (Å²) in [6.07, 6.45) is 2.77. The maximum atomic E-state index is 12.1. The molecule has 0 bridgehead atoms. The number of hydrogen-bond donors (Lipinski definition) is 1. The molecule has 0 fully saturated rings. The van der Waals surface area contributed by atoms with Crippen LogP contribution in [0.2, 0.25) is 0 Å². The average molecular weight is 325 g/mol. The molecule has 24 heavy (non-hydrogen) atoms. The van der Waals surface area contributed by atoms with Gasteiger partial charge in [0.15, 0.2) is 0 Å². The van der Waals surface area contributed by atoms with Crippen LogP contribution in [0.25, 0.3) is 0 Å². The molecule has 2 aromatic carbocycles. The Labute approximate surface area is 140 Å². The van der Waals surface area contributed by atoms with Crippen molar-refractivity contribution in [2.24, 2.45) is 5.10 Å². The van der Waals surface area contributed by atoms with Crippen molar-refractivity contribution in [3.8, 4) is 0 Å². The van der Waals surface area contributed by atoms with Gasteiger partial charge in [-0.3, -0.25) is 14.9 Å². The molecule has 6 nitrogen and oxygen atoms in total. The number of carbonyl (C=O) groups excluding carboxylic acids is 1. The summed E-state index contributed by atoms with van der Waals surface area (Å²) < 4.78 is 0. The molecule has 0 aliphatic rings. The Morgan fingerprint density at radius 2 is 1.75 bits per heavy atom. The van der Waals surface area contributed by atoms with Gasteiger partial charge in [-0.1, -0.05) is 43.7 Å². The van der Waals surface area contributed by atoms with Gasteiger partial charge >= 0.3 is 0 Å². The van der Waals surface area contributed by atoms with Crippen molar-refractivity contribution in [1.82, 2.24) is 5.43 Å². The minimum Gasteiger partial charge on any atom is -0.267 e. The third kappa shape index (κ3) is 4.74. The van der Waals surface area contributed by atoms with Gasteiger partial charge in [0.25, 0.3) is 11.6 Å². The lowest BCUT2D eigenvalue weighted by atomic mass is 10.1. The zero-order valence-electron chi connectivity index (χ0n) is 13.4.